The number of nitrogens with zero attached hydrogens (tertiary/aromatic N) is 3. The molecule has 19 heavy (non-hydrogen) atoms. The molecule has 1 heterocycles. The van der Waals surface area contributed by atoms with Gasteiger partial charge in [-0.3, -0.25) is 0 Å². The molecule has 0 spiro atoms. The number of allylic oxidation sites excluding steroid dienone is 1. The molecule has 0 aliphatic heterocycles. The molecule has 0 saturated heterocycles. The van der Waals surface area contributed by atoms with Gasteiger partial charge in [-0.15, -0.1) is 5.10 Å². The fraction of sp³-hybridized carbons (Fsp3) is 0.308. The van der Waals surface area contributed by atoms with Crippen molar-refractivity contribution in [1.82, 2.24) is 15.0 Å². The van der Waals surface area contributed by atoms with E-state index in [0.29, 0.717) is 17.9 Å². The van der Waals surface area contributed by atoms with Crippen LogP contribution in [0.25, 0.3) is 11.0 Å². The Morgan fingerprint density at radius 3 is 2.84 bits per heavy atom. The van der Waals surface area contributed by atoms with Gasteiger partial charge in [-0.1, -0.05) is 17.3 Å². The lowest BCUT2D eigenvalue weighted by Gasteiger charge is -2.09. The SMILES string of the molecule is CCOC(=O)/C(Cn1nnc2ccccc21)=C(/C)N. The van der Waals surface area contributed by atoms with Crippen molar-refractivity contribution in [3.05, 3.63) is 35.5 Å². The van der Waals surface area contributed by atoms with Crippen molar-refractivity contribution in [3.8, 4) is 0 Å². The van der Waals surface area contributed by atoms with E-state index in [-0.39, 0.29) is 6.54 Å². The van der Waals surface area contributed by atoms with Crippen molar-refractivity contribution in [1.29, 1.82) is 0 Å². The lowest BCUT2D eigenvalue weighted by Crippen LogP contribution is -2.18. The van der Waals surface area contributed by atoms with Crippen molar-refractivity contribution in [2.75, 3.05) is 6.61 Å². The molecule has 1 aromatic carbocycles. The molecule has 0 aliphatic rings. The van der Waals surface area contributed by atoms with Crippen molar-refractivity contribution in [2.45, 2.75) is 20.4 Å². The monoisotopic (exact) mass is 260 g/mol. The zero-order valence-corrected chi connectivity index (χ0v) is 11.0. The smallest absolute Gasteiger partial charge is 0.337 e. The number of hydrogen-bond acceptors (Lipinski definition) is 5. The van der Waals surface area contributed by atoms with E-state index < -0.39 is 5.97 Å². The van der Waals surface area contributed by atoms with Crippen LogP contribution in [0.4, 0.5) is 0 Å². The molecule has 0 bridgehead atoms. The molecule has 2 aromatic rings. The van der Waals surface area contributed by atoms with E-state index in [1.165, 1.54) is 0 Å². The molecule has 0 fully saturated rings. The van der Waals surface area contributed by atoms with E-state index in [1.807, 2.05) is 24.3 Å². The first-order valence-electron chi connectivity index (χ1n) is 6.04. The molecular weight excluding hydrogens is 244 g/mol. The fourth-order valence-corrected chi connectivity index (χ4v) is 1.75. The highest BCUT2D eigenvalue weighted by Gasteiger charge is 2.15. The Bertz CT molecular complexity index is 626. The third-order valence-electron chi connectivity index (χ3n) is 2.73. The second kappa shape index (κ2) is 5.51. The quantitative estimate of drug-likeness (QED) is 0.660. The summed E-state index contributed by atoms with van der Waals surface area (Å²) in [5, 5.41) is 8.06. The van der Waals surface area contributed by atoms with E-state index in [0.717, 1.165) is 11.0 Å². The Kier molecular flexibility index (Phi) is 3.79. The van der Waals surface area contributed by atoms with Crippen LogP contribution >= 0.6 is 0 Å². The van der Waals surface area contributed by atoms with Gasteiger partial charge in [0.25, 0.3) is 0 Å². The molecule has 2 rings (SSSR count). The summed E-state index contributed by atoms with van der Waals surface area (Å²) in [6.07, 6.45) is 0. The maximum absolute atomic E-state index is 11.8. The number of para-hydroxylation sites is 1. The Labute approximate surface area is 110 Å². The predicted octanol–water partition coefficient (Wildman–Crippen LogP) is 1.23. The highest BCUT2D eigenvalue weighted by molar-refractivity contribution is 5.89. The second-order valence-electron chi connectivity index (χ2n) is 4.12. The molecule has 100 valence electrons. The Hall–Kier alpha value is -2.37. The lowest BCUT2D eigenvalue weighted by molar-refractivity contribution is -0.138. The van der Waals surface area contributed by atoms with Crippen LogP contribution in [0, 0.1) is 0 Å². The summed E-state index contributed by atoms with van der Waals surface area (Å²) >= 11 is 0. The molecule has 2 N–H and O–H groups in total. The number of rotatable bonds is 4. The van der Waals surface area contributed by atoms with Gasteiger partial charge in [0, 0.05) is 5.70 Å². The average molecular weight is 260 g/mol. The maximum atomic E-state index is 11.8. The normalized spacial score (nSPS) is 12.3. The number of carbonyl (C=O) groups is 1. The lowest BCUT2D eigenvalue weighted by atomic mass is 10.2. The summed E-state index contributed by atoms with van der Waals surface area (Å²) in [5.74, 6) is -0.415. The molecule has 0 saturated carbocycles. The van der Waals surface area contributed by atoms with Crippen molar-refractivity contribution in [3.63, 3.8) is 0 Å². The zero-order valence-electron chi connectivity index (χ0n) is 11.0. The van der Waals surface area contributed by atoms with Gasteiger partial charge in [0.15, 0.2) is 0 Å². The maximum Gasteiger partial charge on any atom is 0.337 e. The number of benzene rings is 1. The molecule has 0 aliphatic carbocycles. The van der Waals surface area contributed by atoms with Gasteiger partial charge in [0.2, 0.25) is 0 Å². The van der Waals surface area contributed by atoms with Crippen LogP contribution in [0.2, 0.25) is 0 Å². The number of nitrogens with two attached hydrogens (primary N) is 1. The minimum atomic E-state index is -0.415. The first-order chi connectivity index (χ1) is 9.13. The third kappa shape index (κ3) is 2.73. The molecule has 6 heteroatoms. The van der Waals surface area contributed by atoms with Gasteiger partial charge < -0.3 is 10.5 Å². The van der Waals surface area contributed by atoms with Gasteiger partial charge >= 0.3 is 5.97 Å². The first-order valence-corrected chi connectivity index (χ1v) is 6.04. The van der Waals surface area contributed by atoms with Crippen molar-refractivity contribution < 1.29 is 9.53 Å². The van der Waals surface area contributed by atoms with Crippen LogP contribution in [-0.4, -0.2) is 27.6 Å². The summed E-state index contributed by atoms with van der Waals surface area (Å²) in [5.41, 5.74) is 8.21. The number of hydrogen-bond donors (Lipinski definition) is 1. The predicted molar refractivity (Wildman–Crippen MR) is 71.0 cm³/mol. The van der Waals surface area contributed by atoms with Crippen LogP contribution < -0.4 is 5.73 Å². The van der Waals surface area contributed by atoms with E-state index >= 15 is 0 Å². The number of carbonyl (C=O) groups excluding carboxylic acids is 1. The average Bonchev–Trinajstić information content (AvgIpc) is 2.79. The summed E-state index contributed by atoms with van der Waals surface area (Å²) in [4.78, 5) is 11.8. The Morgan fingerprint density at radius 1 is 1.42 bits per heavy atom. The molecule has 0 atom stereocenters. The number of ether oxygens (including phenoxy) is 1. The fourth-order valence-electron chi connectivity index (χ4n) is 1.75. The minimum Gasteiger partial charge on any atom is -0.463 e. The number of esters is 1. The molecule has 1 aromatic heterocycles. The summed E-state index contributed by atoms with van der Waals surface area (Å²) in [7, 11) is 0. The highest BCUT2D eigenvalue weighted by atomic mass is 16.5. The van der Waals surface area contributed by atoms with Gasteiger partial charge in [-0.05, 0) is 26.0 Å². The Morgan fingerprint density at radius 2 is 2.16 bits per heavy atom. The topological polar surface area (TPSA) is 83.0 Å². The largest absolute Gasteiger partial charge is 0.463 e. The molecule has 0 radical (unpaired) electrons. The van der Waals surface area contributed by atoms with Crippen molar-refractivity contribution >= 4 is 17.0 Å². The Balaban J connectivity index is 2.33. The van der Waals surface area contributed by atoms with Gasteiger partial charge in [0.1, 0.15) is 5.52 Å². The molecule has 0 unspecified atom stereocenters. The summed E-state index contributed by atoms with van der Waals surface area (Å²) < 4.78 is 6.62. The summed E-state index contributed by atoms with van der Waals surface area (Å²) in [6.45, 7) is 3.99. The van der Waals surface area contributed by atoms with E-state index in [4.69, 9.17) is 10.5 Å². The molecule has 6 nitrogen and oxygen atoms in total. The summed E-state index contributed by atoms with van der Waals surface area (Å²) in [6, 6.07) is 7.54. The number of aromatic nitrogens is 3. The van der Waals surface area contributed by atoms with Gasteiger partial charge in [0.05, 0.1) is 24.2 Å². The third-order valence-corrected chi connectivity index (χ3v) is 2.73. The zero-order chi connectivity index (χ0) is 13.8. The van der Waals surface area contributed by atoms with Gasteiger partial charge in [-0.25, -0.2) is 9.48 Å². The first kappa shape index (κ1) is 13.1. The van der Waals surface area contributed by atoms with E-state index in [1.54, 1.807) is 18.5 Å². The van der Waals surface area contributed by atoms with Crippen LogP contribution in [-0.2, 0) is 16.1 Å². The van der Waals surface area contributed by atoms with E-state index in [9.17, 15) is 4.79 Å². The van der Waals surface area contributed by atoms with E-state index in [2.05, 4.69) is 10.3 Å². The van der Waals surface area contributed by atoms with Gasteiger partial charge in [-0.2, -0.15) is 0 Å². The minimum absolute atomic E-state index is 0.252. The van der Waals surface area contributed by atoms with Crippen LogP contribution in [0.1, 0.15) is 13.8 Å². The highest BCUT2D eigenvalue weighted by Crippen LogP contribution is 2.13. The second-order valence-corrected chi connectivity index (χ2v) is 4.12. The van der Waals surface area contributed by atoms with Crippen LogP contribution in [0.5, 0.6) is 0 Å². The number of fused-ring (bicyclic) bond motifs is 1. The molecular formula is C13H16N4O2. The van der Waals surface area contributed by atoms with Crippen LogP contribution in [0.3, 0.4) is 0 Å². The van der Waals surface area contributed by atoms with Crippen LogP contribution in [0.15, 0.2) is 35.5 Å². The van der Waals surface area contributed by atoms with Crippen molar-refractivity contribution in [2.24, 2.45) is 5.73 Å². The molecule has 0 amide bonds. The standard InChI is InChI=1S/C13H16N4O2/c1-3-19-13(18)10(9(2)14)8-17-12-7-5-4-6-11(12)15-16-17/h4-7H,3,8,14H2,1-2H3/b10-9-.